The van der Waals surface area contributed by atoms with Crippen molar-refractivity contribution in [2.24, 2.45) is 5.92 Å². The summed E-state index contributed by atoms with van der Waals surface area (Å²) in [5.41, 5.74) is 3.45. The molecule has 0 radical (unpaired) electrons. The van der Waals surface area contributed by atoms with E-state index in [9.17, 15) is 4.79 Å². The van der Waals surface area contributed by atoms with Crippen LogP contribution >= 0.6 is 0 Å². The summed E-state index contributed by atoms with van der Waals surface area (Å²) >= 11 is 0. The summed E-state index contributed by atoms with van der Waals surface area (Å²) in [7, 11) is 1.46. The first kappa shape index (κ1) is 16.4. The summed E-state index contributed by atoms with van der Waals surface area (Å²) in [6.07, 6.45) is 6.21. The van der Waals surface area contributed by atoms with Gasteiger partial charge in [-0.2, -0.15) is 0 Å². The van der Waals surface area contributed by atoms with Crippen molar-refractivity contribution in [2.45, 2.75) is 44.7 Å². The molecule has 4 nitrogen and oxygen atoms in total. The minimum atomic E-state index is -0.281. The number of para-hydroxylation sites is 1. The predicted molar refractivity (Wildman–Crippen MR) is 99.9 cm³/mol. The second-order valence-electron chi connectivity index (χ2n) is 7.21. The molecule has 1 saturated heterocycles. The molecule has 0 amide bonds. The fraction of sp³-hybridized carbons (Fsp3) is 0.476. The van der Waals surface area contributed by atoms with Crippen molar-refractivity contribution in [3.8, 4) is 0 Å². The van der Waals surface area contributed by atoms with Gasteiger partial charge >= 0.3 is 6.09 Å². The largest absolute Gasteiger partial charge is 0.452 e. The monoisotopic (exact) mass is 338 g/mol. The van der Waals surface area contributed by atoms with E-state index in [-0.39, 0.29) is 6.09 Å². The average Bonchev–Trinajstić information content (AvgIpc) is 3.16. The maximum Gasteiger partial charge on any atom is 0.418 e. The lowest BCUT2D eigenvalue weighted by Gasteiger charge is -2.34. The third-order valence-electron chi connectivity index (χ3n) is 6.08. The highest BCUT2D eigenvalue weighted by Crippen LogP contribution is 2.51. The van der Waals surface area contributed by atoms with Gasteiger partial charge in [-0.3, -0.25) is 4.90 Å². The number of hydrogen-bond acceptors (Lipinski definition) is 3. The summed E-state index contributed by atoms with van der Waals surface area (Å²) in [6, 6.07) is 9.22. The number of fused-ring (bicyclic) bond motifs is 5. The minimum Gasteiger partial charge on any atom is -0.452 e. The topological polar surface area (TPSA) is 34.5 Å². The van der Waals surface area contributed by atoms with Crippen LogP contribution in [0.4, 0.5) is 4.79 Å². The number of benzene rings is 1. The summed E-state index contributed by atoms with van der Waals surface area (Å²) < 4.78 is 6.89. The molecule has 0 saturated carbocycles. The van der Waals surface area contributed by atoms with Crippen molar-refractivity contribution < 1.29 is 9.53 Å². The van der Waals surface area contributed by atoms with Crippen LogP contribution in [0.25, 0.3) is 10.9 Å². The van der Waals surface area contributed by atoms with Crippen molar-refractivity contribution in [2.75, 3.05) is 13.7 Å². The van der Waals surface area contributed by atoms with Gasteiger partial charge in [0, 0.05) is 29.7 Å². The van der Waals surface area contributed by atoms with Gasteiger partial charge in [0.15, 0.2) is 0 Å². The lowest BCUT2D eigenvalue weighted by Crippen LogP contribution is -2.34. The van der Waals surface area contributed by atoms with E-state index in [0.717, 1.165) is 37.0 Å². The number of aromatic nitrogens is 1. The molecule has 2 heterocycles. The molecule has 0 N–H and O–H groups in total. The summed E-state index contributed by atoms with van der Waals surface area (Å²) in [5.74, 6) is 0.661. The third kappa shape index (κ3) is 2.35. The zero-order valence-electron chi connectivity index (χ0n) is 15.1. The van der Waals surface area contributed by atoms with Crippen LogP contribution in [0.1, 0.15) is 43.5 Å². The molecule has 2 aromatic rings. The Morgan fingerprint density at radius 2 is 2.20 bits per heavy atom. The highest BCUT2D eigenvalue weighted by molar-refractivity contribution is 5.94. The summed E-state index contributed by atoms with van der Waals surface area (Å²) in [6.45, 7) is 7.15. The number of likely N-dealkylation sites (tertiary alicyclic amines) is 1. The molecule has 1 unspecified atom stereocenters. The molecule has 0 bridgehead atoms. The number of hydrogen-bond donors (Lipinski definition) is 0. The molecule has 2 aliphatic rings. The SMILES string of the molecule is C=CCN1C(CC)C[C@@H]2CCc3c(c4ccccc4n3C(=O)OC)[C@@H]21. The maximum atomic E-state index is 12.5. The molecule has 25 heavy (non-hydrogen) atoms. The second-order valence-corrected chi connectivity index (χ2v) is 7.21. The van der Waals surface area contributed by atoms with Crippen molar-refractivity contribution in [1.82, 2.24) is 9.47 Å². The normalized spacial score (nSPS) is 25.6. The lowest BCUT2D eigenvalue weighted by molar-refractivity contribution is 0.170. The number of carbonyl (C=O) groups is 1. The summed E-state index contributed by atoms with van der Waals surface area (Å²) in [4.78, 5) is 15.1. The Balaban J connectivity index is 1.94. The first-order chi connectivity index (χ1) is 12.2. The molecule has 1 fully saturated rings. The molecule has 3 atom stereocenters. The van der Waals surface area contributed by atoms with Gasteiger partial charge < -0.3 is 4.74 Å². The Hall–Kier alpha value is -2.07. The molecular formula is C21H26N2O2. The van der Waals surface area contributed by atoms with E-state index in [4.69, 9.17) is 4.74 Å². The Morgan fingerprint density at radius 3 is 2.92 bits per heavy atom. The molecule has 1 aromatic carbocycles. The number of methoxy groups -OCH3 is 1. The highest BCUT2D eigenvalue weighted by atomic mass is 16.5. The van der Waals surface area contributed by atoms with Crippen LogP contribution < -0.4 is 0 Å². The fourth-order valence-corrected chi connectivity index (χ4v) is 5.12. The van der Waals surface area contributed by atoms with Crippen LogP contribution in [0.15, 0.2) is 36.9 Å². The van der Waals surface area contributed by atoms with Crippen LogP contribution in [0.3, 0.4) is 0 Å². The van der Waals surface area contributed by atoms with Crippen molar-refractivity contribution in [3.05, 3.63) is 48.2 Å². The Labute approximate surface area is 149 Å². The first-order valence-corrected chi connectivity index (χ1v) is 9.28. The fourth-order valence-electron chi connectivity index (χ4n) is 5.12. The van der Waals surface area contributed by atoms with Gasteiger partial charge in [0.05, 0.1) is 12.6 Å². The number of rotatable bonds is 3. The smallest absolute Gasteiger partial charge is 0.418 e. The second kappa shape index (κ2) is 6.34. The predicted octanol–water partition coefficient (Wildman–Crippen LogP) is 4.53. The van der Waals surface area contributed by atoms with Crippen molar-refractivity contribution in [3.63, 3.8) is 0 Å². The number of nitrogens with zero attached hydrogens (tertiary/aromatic N) is 2. The van der Waals surface area contributed by atoms with Crippen LogP contribution in [0, 0.1) is 5.92 Å². The van der Waals surface area contributed by atoms with Gasteiger partial charge in [0.25, 0.3) is 0 Å². The molecule has 4 rings (SSSR count). The van der Waals surface area contributed by atoms with Crippen molar-refractivity contribution >= 4 is 17.0 Å². The zero-order valence-corrected chi connectivity index (χ0v) is 15.1. The van der Waals surface area contributed by atoms with Crippen LogP contribution in [0.5, 0.6) is 0 Å². The van der Waals surface area contributed by atoms with Gasteiger partial charge in [-0.1, -0.05) is 31.2 Å². The average molecular weight is 338 g/mol. The van der Waals surface area contributed by atoms with Gasteiger partial charge in [-0.05, 0) is 43.2 Å². The van der Waals surface area contributed by atoms with Crippen LogP contribution in [0.2, 0.25) is 0 Å². The van der Waals surface area contributed by atoms with Gasteiger partial charge in [0.2, 0.25) is 0 Å². The Kier molecular flexibility index (Phi) is 4.16. The van der Waals surface area contributed by atoms with E-state index in [1.54, 1.807) is 4.57 Å². The first-order valence-electron chi connectivity index (χ1n) is 9.28. The standard InChI is InChI=1S/C21H26N2O2/c1-4-12-22-15(5-2)13-14-10-11-18-19(20(14)22)16-8-6-7-9-17(16)23(18)21(24)25-3/h4,6-9,14-15,20H,1,5,10-13H2,2-3H3/t14-,15?,20+/m0/s1. The van der Waals surface area contributed by atoms with E-state index in [2.05, 4.69) is 30.5 Å². The highest BCUT2D eigenvalue weighted by Gasteiger charge is 2.45. The quantitative estimate of drug-likeness (QED) is 0.771. The molecule has 1 aromatic heterocycles. The summed E-state index contributed by atoms with van der Waals surface area (Å²) in [5, 5.41) is 1.20. The number of ether oxygens (including phenoxy) is 1. The molecule has 4 heteroatoms. The van der Waals surface area contributed by atoms with E-state index in [0.29, 0.717) is 18.0 Å². The van der Waals surface area contributed by atoms with Gasteiger partial charge in [-0.25, -0.2) is 9.36 Å². The van der Waals surface area contributed by atoms with Crippen LogP contribution in [-0.4, -0.2) is 35.3 Å². The zero-order chi connectivity index (χ0) is 17.6. The van der Waals surface area contributed by atoms with Crippen LogP contribution in [-0.2, 0) is 11.2 Å². The lowest BCUT2D eigenvalue weighted by atomic mass is 9.82. The van der Waals surface area contributed by atoms with E-state index >= 15 is 0 Å². The van der Waals surface area contributed by atoms with Gasteiger partial charge in [0.1, 0.15) is 0 Å². The molecule has 1 aliphatic carbocycles. The molecule has 132 valence electrons. The molecular weight excluding hydrogens is 312 g/mol. The Bertz CT molecular complexity index is 823. The van der Waals surface area contributed by atoms with Gasteiger partial charge in [-0.15, -0.1) is 6.58 Å². The molecule has 1 aliphatic heterocycles. The van der Waals surface area contributed by atoms with E-state index in [1.807, 2.05) is 18.2 Å². The number of carbonyl (C=O) groups excluding carboxylic acids is 1. The van der Waals surface area contributed by atoms with Crippen molar-refractivity contribution in [1.29, 1.82) is 0 Å². The van der Waals surface area contributed by atoms with E-state index < -0.39 is 0 Å². The molecule has 0 spiro atoms. The Morgan fingerprint density at radius 1 is 1.40 bits per heavy atom. The van der Waals surface area contributed by atoms with E-state index in [1.165, 1.54) is 24.5 Å². The minimum absolute atomic E-state index is 0.281. The maximum absolute atomic E-state index is 12.5. The third-order valence-corrected chi connectivity index (χ3v) is 6.08.